The molecule has 0 bridgehead atoms. The van der Waals surface area contributed by atoms with Gasteiger partial charge in [0, 0.05) is 29.5 Å². The number of anilines is 1. The van der Waals surface area contributed by atoms with Crippen LogP contribution in [0.3, 0.4) is 0 Å². The molecule has 6 rings (SSSR count). The summed E-state index contributed by atoms with van der Waals surface area (Å²) in [6, 6.07) is 19.2. The van der Waals surface area contributed by atoms with Crippen LogP contribution in [0.25, 0.3) is 33.5 Å². The summed E-state index contributed by atoms with van der Waals surface area (Å²) >= 11 is 6.13. The Morgan fingerprint density at radius 3 is 2.32 bits per heavy atom. The first-order valence-corrected chi connectivity index (χ1v) is 14.9. The Labute approximate surface area is 240 Å². The molecule has 2 aliphatic heterocycles. The standard InChI is InChI=1S/C29H26ClF2N5O3S/c1-28(2,38)29(31,32)27-26-25(35(3)34-27)22-13-10-19(18-6-5-7-21(14-18)41(4,39)40)15-23(22)36-24(16-33-37(26)36)17-8-11-20(30)12-9-17/h5-16,37-38H,1-4H3. The molecule has 0 radical (unpaired) electrons. The molecule has 0 saturated carbocycles. The van der Waals surface area contributed by atoms with Crippen LogP contribution in [0.5, 0.6) is 0 Å². The topological polar surface area (TPSA) is 94.0 Å². The molecule has 0 amide bonds. The minimum atomic E-state index is -3.70. The molecule has 1 atom stereocenters. The zero-order valence-electron chi connectivity index (χ0n) is 22.5. The lowest BCUT2D eigenvalue weighted by atomic mass is 9.93. The number of sulfone groups is 1. The van der Waals surface area contributed by atoms with E-state index in [1.165, 1.54) is 10.7 Å². The molecule has 3 aromatic carbocycles. The molecule has 1 aromatic heterocycles. The number of rotatable bonds is 5. The van der Waals surface area contributed by atoms with Crippen LogP contribution in [0, 0.1) is 0 Å². The first kappa shape index (κ1) is 27.4. The molecule has 2 N–H and O–H groups in total. The number of aromatic nitrogens is 2. The van der Waals surface area contributed by atoms with Crippen LogP contribution < -0.4 is 10.1 Å². The lowest BCUT2D eigenvalue weighted by Crippen LogP contribution is -3.09. The van der Waals surface area contributed by atoms with Crippen LogP contribution in [0.2, 0.25) is 5.02 Å². The maximum absolute atomic E-state index is 15.7. The Morgan fingerprint density at radius 1 is 1.00 bits per heavy atom. The first-order valence-electron chi connectivity index (χ1n) is 12.7. The number of aliphatic hydroxyl groups is 1. The van der Waals surface area contributed by atoms with Crippen molar-refractivity contribution in [2.75, 3.05) is 11.3 Å². The molecular weight excluding hydrogens is 572 g/mol. The van der Waals surface area contributed by atoms with Gasteiger partial charge in [-0.1, -0.05) is 41.9 Å². The van der Waals surface area contributed by atoms with Gasteiger partial charge in [-0.25, -0.2) is 13.5 Å². The van der Waals surface area contributed by atoms with Gasteiger partial charge in [0.15, 0.2) is 15.5 Å². The predicted octanol–water partition coefficient (Wildman–Crippen LogP) is 5.23. The number of aryl methyl sites for hydroxylation is 1. The van der Waals surface area contributed by atoms with Crippen LogP contribution in [-0.4, -0.2) is 35.2 Å². The van der Waals surface area contributed by atoms with Crippen molar-refractivity contribution in [3.05, 3.63) is 94.6 Å². The Morgan fingerprint density at radius 2 is 1.66 bits per heavy atom. The molecule has 0 spiro atoms. The van der Waals surface area contributed by atoms with Crippen molar-refractivity contribution in [1.82, 2.24) is 9.78 Å². The number of nitrogens with one attached hydrogen (secondary N) is 1. The summed E-state index contributed by atoms with van der Waals surface area (Å²) in [7, 11) is -1.86. The van der Waals surface area contributed by atoms with E-state index in [0.29, 0.717) is 33.2 Å². The molecule has 12 heteroatoms. The third-order valence-electron chi connectivity index (χ3n) is 7.33. The second-order valence-electron chi connectivity index (χ2n) is 10.7. The quantitative estimate of drug-likeness (QED) is 0.329. The number of nitrogens with zero attached hydrogens (tertiary/aromatic N) is 4. The largest absolute Gasteiger partial charge is 0.461 e. The van der Waals surface area contributed by atoms with E-state index in [1.54, 1.807) is 48.6 Å². The van der Waals surface area contributed by atoms with Crippen molar-refractivity contribution in [2.45, 2.75) is 30.3 Å². The van der Waals surface area contributed by atoms with Crippen LogP contribution in [0.4, 0.5) is 20.2 Å². The normalized spacial score (nSPS) is 16.5. The van der Waals surface area contributed by atoms with Gasteiger partial charge in [-0.15, -0.1) is 6.20 Å². The second kappa shape index (κ2) is 9.12. The smallest absolute Gasteiger partial charge is 0.324 e. The highest BCUT2D eigenvalue weighted by Gasteiger charge is 2.55. The number of benzene rings is 3. The zero-order chi connectivity index (χ0) is 29.5. The van der Waals surface area contributed by atoms with E-state index >= 15 is 8.78 Å². The third-order valence-corrected chi connectivity index (χ3v) is 8.69. The summed E-state index contributed by atoms with van der Waals surface area (Å²) in [6.07, 6.45) is 2.76. The van der Waals surface area contributed by atoms with E-state index < -0.39 is 27.1 Å². The van der Waals surface area contributed by atoms with Crippen LogP contribution >= 0.6 is 11.6 Å². The molecule has 212 valence electrons. The second-order valence-corrected chi connectivity index (χ2v) is 13.1. The third kappa shape index (κ3) is 4.31. The van der Waals surface area contributed by atoms with E-state index in [4.69, 9.17) is 11.6 Å². The maximum Gasteiger partial charge on any atom is 0.324 e. The predicted molar refractivity (Wildman–Crippen MR) is 153 cm³/mol. The molecular formula is C29H26ClF2N5O3S. The van der Waals surface area contributed by atoms with Gasteiger partial charge in [0.2, 0.25) is 5.69 Å². The van der Waals surface area contributed by atoms with E-state index in [1.807, 2.05) is 30.3 Å². The van der Waals surface area contributed by atoms with Gasteiger partial charge >= 0.3 is 5.92 Å². The van der Waals surface area contributed by atoms with Crippen molar-refractivity contribution in [3.8, 4) is 22.4 Å². The van der Waals surface area contributed by atoms with Gasteiger partial charge in [0.05, 0.1) is 10.6 Å². The minimum Gasteiger partial charge on any atom is -0.461 e. The lowest BCUT2D eigenvalue weighted by molar-refractivity contribution is -0.787. The Balaban J connectivity index is 1.60. The average molecular weight is 598 g/mol. The highest BCUT2D eigenvalue weighted by molar-refractivity contribution is 7.90. The van der Waals surface area contributed by atoms with Gasteiger partial charge in [-0.3, -0.25) is 4.68 Å². The van der Waals surface area contributed by atoms with E-state index in [2.05, 4.69) is 10.5 Å². The average Bonchev–Trinajstić information content (AvgIpc) is 3.50. The molecule has 8 nitrogen and oxygen atoms in total. The minimum absolute atomic E-state index is 0.124. The van der Waals surface area contributed by atoms with Crippen molar-refractivity contribution < 1.29 is 27.4 Å². The molecule has 0 aliphatic carbocycles. The van der Waals surface area contributed by atoms with Gasteiger partial charge in [-0.2, -0.15) is 18.9 Å². The van der Waals surface area contributed by atoms with Gasteiger partial charge < -0.3 is 10.5 Å². The summed E-state index contributed by atoms with van der Waals surface area (Å²) in [5.74, 6) is -3.70. The molecule has 4 aromatic rings. The van der Waals surface area contributed by atoms with E-state index in [-0.39, 0.29) is 15.7 Å². The summed E-state index contributed by atoms with van der Waals surface area (Å²) in [5.41, 5.74) is 6.25. The van der Waals surface area contributed by atoms with E-state index in [0.717, 1.165) is 31.2 Å². The number of hydrogen-bond acceptors (Lipinski definition) is 5. The first-order chi connectivity index (χ1) is 19.2. The molecule has 3 heterocycles. The highest BCUT2D eigenvalue weighted by Crippen LogP contribution is 2.49. The van der Waals surface area contributed by atoms with E-state index in [9.17, 15) is 13.5 Å². The highest BCUT2D eigenvalue weighted by atomic mass is 35.5. The lowest BCUT2D eigenvalue weighted by Gasteiger charge is -2.39. The number of quaternary nitrogens is 1. The molecule has 41 heavy (non-hydrogen) atoms. The summed E-state index contributed by atoms with van der Waals surface area (Å²) < 4.78 is 57.2. The maximum atomic E-state index is 15.7. The Kier molecular flexibility index (Phi) is 6.09. The summed E-state index contributed by atoms with van der Waals surface area (Å²) in [6.45, 7) is 2.10. The van der Waals surface area contributed by atoms with Crippen LogP contribution in [0.1, 0.15) is 25.1 Å². The van der Waals surface area contributed by atoms with Crippen LogP contribution in [-0.2, 0) is 22.8 Å². The number of alkyl halides is 2. The van der Waals surface area contributed by atoms with Gasteiger partial charge in [0.1, 0.15) is 17.0 Å². The van der Waals surface area contributed by atoms with Crippen molar-refractivity contribution in [1.29, 1.82) is 0 Å². The van der Waals surface area contributed by atoms with Crippen molar-refractivity contribution >= 4 is 38.5 Å². The zero-order valence-corrected chi connectivity index (χ0v) is 24.1. The fraction of sp³-hybridized carbons (Fsp3) is 0.207. The number of hydrogen-bond donors (Lipinski definition) is 2. The monoisotopic (exact) mass is 597 g/mol. The molecule has 0 fully saturated rings. The van der Waals surface area contributed by atoms with Crippen LogP contribution in [0.15, 0.2) is 77.8 Å². The molecule has 2 aliphatic rings. The molecule has 0 saturated heterocycles. The fourth-order valence-corrected chi connectivity index (χ4v) is 5.95. The summed E-state index contributed by atoms with van der Waals surface area (Å²) in [4.78, 5) is 0.185. The molecule has 1 unspecified atom stereocenters. The number of fused-ring (bicyclic) bond motifs is 6. The summed E-state index contributed by atoms with van der Waals surface area (Å²) in [5, 5.41) is 17.2. The van der Waals surface area contributed by atoms with Gasteiger partial charge in [0.25, 0.3) is 0 Å². The SMILES string of the molecule is Cn1nc(C(F)(F)C(C)(C)O)c2c1-c1ccc(-c3cccc(S(C)(=O)=O)c3)cc1N1C(c3ccc(Cl)cc3)=C[N-][NH+]21. The van der Waals surface area contributed by atoms with Crippen molar-refractivity contribution in [2.24, 2.45) is 7.05 Å². The Bertz CT molecular complexity index is 1850. The van der Waals surface area contributed by atoms with Crippen molar-refractivity contribution in [3.63, 3.8) is 0 Å². The fourth-order valence-electron chi connectivity index (χ4n) is 5.15. The number of halogens is 3. The Hall–Kier alpha value is -3.77. The van der Waals surface area contributed by atoms with Gasteiger partial charge in [-0.05, 0) is 61.4 Å².